The lowest BCUT2D eigenvalue weighted by atomic mass is 10.3. The van der Waals surface area contributed by atoms with Gasteiger partial charge in [-0.2, -0.15) is 0 Å². The first-order valence-corrected chi connectivity index (χ1v) is 4.80. The molecule has 1 aromatic heterocycles. The predicted octanol–water partition coefficient (Wildman–Crippen LogP) is 1.92. The number of anilines is 3. The van der Waals surface area contributed by atoms with Gasteiger partial charge in [0.15, 0.2) is 29.1 Å². The van der Waals surface area contributed by atoms with Gasteiger partial charge in [0.2, 0.25) is 0 Å². The third-order valence-electron chi connectivity index (χ3n) is 2.04. The molecule has 0 atom stereocenters. The zero-order chi connectivity index (χ0) is 13.1. The maximum atomic E-state index is 13.0. The highest BCUT2D eigenvalue weighted by molar-refractivity contribution is 5.56. The van der Waals surface area contributed by atoms with E-state index in [1.165, 1.54) is 12.4 Å². The van der Waals surface area contributed by atoms with Crippen molar-refractivity contribution >= 4 is 17.3 Å². The van der Waals surface area contributed by atoms with E-state index in [1.54, 1.807) is 0 Å². The van der Waals surface area contributed by atoms with Crippen molar-refractivity contribution in [3.05, 3.63) is 42.0 Å². The molecule has 2 aromatic rings. The van der Waals surface area contributed by atoms with E-state index in [-0.39, 0.29) is 17.3 Å². The summed E-state index contributed by atoms with van der Waals surface area (Å²) in [5.41, 5.74) is 2.27. The molecule has 0 radical (unpaired) electrons. The van der Waals surface area contributed by atoms with Crippen molar-refractivity contribution in [3.63, 3.8) is 0 Å². The van der Waals surface area contributed by atoms with E-state index in [9.17, 15) is 13.2 Å². The number of aromatic nitrogens is 2. The van der Waals surface area contributed by atoms with Gasteiger partial charge in [-0.05, 0) is 0 Å². The molecule has 0 bridgehead atoms. The van der Waals surface area contributed by atoms with Gasteiger partial charge in [-0.1, -0.05) is 0 Å². The van der Waals surface area contributed by atoms with Crippen LogP contribution in [0.15, 0.2) is 24.5 Å². The van der Waals surface area contributed by atoms with Crippen LogP contribution < -0.4 is 16.6 Å². The smallest absolute Gasteiger partial charge is 0.194 e. The highest BCUT2D eigenvalue weighted by Gasteiger charge is 2.10. The Labute approximate surface area is 99.8 Å². The first-order valence-electron chi connectivity index (χ1n) is 4.80. The topological polar surface area (TPSA) is 75.9 Å². The van der Waals surface area contributed by atoms with Gasteiger partial charge in [0.25, 0.3) is 0 Å². The lowest BCUT2D eigenvalue weighted by Gasteiger charge is -2.07. The summed E-state index contributed by atoms with van der Waals surface area (Å²) in [5.74, 6) is 1.49. The summed E-state index contributed by atoms with van der Waals surface area (Å²) < 4.78 is 38.7. The largest absolute Gasteiger partial charge is 0.339 e. The van der Waals surface area contributed by atoms with Crippen LogP contribution in [0.5, 0.6) is 0 Å². The van der Waals surface area contributed by atoms with Crippen LogP contribution in [-0.2, 0) is 0 Å². The van der Waals surface area contributed by atoms with Crippen molar-refractivity contribution < 1.29 is 13.2 Å². The molecule has 5 nitrogen and oxygen atoms in total. The highest BCUT2D eigenvalue weighted by atomic mass is 19.2. The standard InChI is InChI=1S/C10H8F3N5/c11-6-1-5(2-7(12)10(6)13)16-8-3-15-4-9(17-8)18-14/h1-4H,14H2,(H2,16,17,18). The van der Waals surface area contributed by atoms with Crippen LogP contribution in [0.3, 0.4) is 0 Å². The molecule has 0 saturated heterocycles. The lowest BCUT2D eigenvalue weighted by Crippen LogP contribution is -2.09. The molecular weight excluding hydrogens is 247 g/mol. The van der Waals surface area contributed by atoms with E-state index in [2.05, 4.69) is 20.7 Å². The minimum atomic E-state index is -1.52. The van der Waals surface area contributed by atoms with E-state index < -0.39 is 17.5 Å². The number of hydrazine groups is 1. The molecule has 2 rings (SSSR count). The normalized spacial score (nSPS) is 10.2. The Bertz CT molecular complexity index is 552. The van der Waals surface area contributed by atoms with Gasteiger partial charge in [-0.3, -0.25) is 4.98 Å². The fourth-order valence-corrected chi connectivity index (χ4v) is 1.27. The zero-order valence-corrected chi connectivity index (χ0v) is 8.92. The quantitative estimate of drug-likeness (QED) is 0.444. The summed E-state index contributed by atoms with van der Waals surface area (Å²) in [7, 11) is 0. The number of rotatable bonds is 3. The van der Waals surface area contributed by atoms with Gasteiger partial charge in [-0.15, -0.1) is 0 Å². The second-order valence-electron chi connectivity index (χ2n) is 3.31. The molecule has 0 aliphatic rings. The number of halogens is 3. The highest BCUT2D eigenvalue weighted by Crippen LogP contribution is 2.20. The molecule has 0 aliphatic heterocycles. The van der Waals surface area contributed by atoms with E-state index in [0.29, 0.717) is 0 Å². The van der Waals surface area contributed by atoms with Crippen LogP contribution in [-0.4, -0.2) is 9.97 Å². The average Bonchev–Trinajstić information content (AvgIpc) is 2.36. The molecule has 4 N–H and O–H groups in total. The molecule has 0 amide bonds. The second-order valence-corrected chi connectivity index (χ2v) is 3.31. The summed E-state index contributed by atoms with van der Waals surface area (Å²) in [5, 5.41) is 2.57. The third-order valence-corrected chi connectivity index (χ3v) is 2.04. The fourth-order valence-electron chi connectivity index (χ4n) is 1.27. The number of hydrogen-bond acceptors (Lipinski definition) is 5. The van der Waals surface area contributed by atoms with Crippen LogP contribution in [0.2, 0.25) is 0 Å². The fraction of sp³-hybridized carbons (Fsp3) is 0. The summed E-state index contributed by atoms with van der Waals surface area (Å²) in [6.45, 7) is 0. The Morgan fingerprint density at radius 2 is 1.61 bits per heavy atom. The lowest BCUT2D eigenvalue weighted by molar-refractivity contribution is 0.448. The van der Waals surface area contributed by atoms with Crippen molar-refractivity contribution in [3.8, 4) is 0 Å². The van der Waals surface area contributed by atoms with Crippen molar-refractivity contribution in [1.82, 2.24) is 9.97 Å². The molecule has 0 aliphatic carbocycles. The van der Waals surface area contributed by atoms with Crippen LogP contribution in [0.25, 0.3) is 0 Å². The summed E-state index contributed by atoms with van der Waals surface area (Å²) >= 11 is 0. The number of benzene rings is 1. The molecule has 0 fully saturated rings. The molecule has 94 valence electrons. The minimum absolute atomic E-state index is 0.00914. The monoisotopic (exact) mass is 255 g/mol. The van der Waals surface area contributed by atoms with Gasteiger partial charge < -0.3 is 10.7 Å². The molecule has 8 heteroatoms. The summed E-state index contributed by atoms with van der Waals surface area (Å²) in [6, 6.07) is 1.62. The maximum absolute atomic E-state index is 13.0. The second kappa shape index (κ2) is 4.88. The summed E-state index contributed by atoms with van der Waals surface area (Å²) in [4.78, 5) is 7.70. The number of nitrogens with one attached hydrogen (secondary N) is 2. The molecule has 1 heterocycles. The predicted molar refractivity (Wildman–Crippen MR) is 59.4 cm³/mol. The van der Waals surface area contributed by atoms with E-state index in [4.69, 9.17) is 5.84 Å². The Morgan fingerprint density at radius 3 is 2.22 bits per heavy atom. The average molecular weight is 255 g/mol. The number of nitrogen functional groups attached to an aromatic ring is 1. The zero-order valence-electron chi connectivity index (χ0n) is 8.92. The van der Waals surface area contributed by atoms with Crippen LogP contribution in [0.1, 0.15) is 0 Å². The third kappa shape index (κ3) is 2.48. The van der Waals surface area contributed by atoms with Crippen molar-refractivity contribution in [1.29, 1.82) is 0 Å². The molecule has 0 unspecified atom stereocenters. The Morgan fingerprint density at radius 1 is 1.00 bits per heavy atom. The summed E-state index contributed by atoms with van der Waals surface area (Å²) in [6.07, 6.45) is 2.68. The molecule has 0 saturated carbocycles. The molecule has 1 aromatic carbocycles. The number of hydrogen-bond donors (Lipinski definition) is 3. The SMILES string of the molecule is NNc1cncc(Nc2cc(F)c(F)c(F)c2)n1. The Hall–Kier alpha value is -2.35. The Kier molecular flexibility index (Phi) is 3.28. The van der Waals surface area contributed by atoms with E-state index in [0.717, 1.165) is 12.1 Å². The first kappa shape index (κ1) is 12.1. The van der Waals surface area contributed by atoms with Crippen LogP contribution in [0, 0.1) is 17.5 Å². The van der Waals surface area contributed by atoms with Gasteiger partial charge in [0, 0.05) is 17.8 Å². The number of nitrogens with zero attached hydrogens (tertiary/aromatic N) is 2. The minimum Gasteiger partial charge on any atom is -0.339 e. The van der Waals surface area contributed by atoms with E-state index in [1.807, 2.05) is 0 Å². The van der Waals surface area contributed by atoms with Crippen molar-refractivity contribution in [2.24, 2.45) is 5.84 Å². The Balaban J connectivity index is 2.28. The van der Waals surface area contributed by atoms with Gasteiger partial charge >= 0.3 is 0 Å². The molecule has 0 spiro atoms. The van der Waals surface area contributed by atoms with Gasteiger partial charge in [0.1, 0.15) is 0 Å². The van der Waals surface area contributed by atoms with Crippen LogP contribution >= 0.6 is 0 Å². The molecule has 18 heavy (non-hydrogen) atoms. The van der Waals surface area contributed by atoms with Crippen LogP contribution in [0.4, 0.5) is 30.5 Å². The number of nitrogens with two attached hydrogens (primary N) is 1. The maximum Gasteiger partial charge on any atom is 0.194 e. The van der Waals surface area contributed by atoms with Gasteiger partial charge in [0.05, 0.1) is 12.4 Å². The van der Waals surface area contributed by atoms with Crippen molar-refractivity contribution in [2.75, 3.05) is 10.7 Å². The first-order chi connectivity index (χ1) is 8.60. The molecular formula is C10H8F3N5. The van der Waals surface area contributed by atoms with E-state index >= 15 is 0 Å². The van der Waals surface area contributed by atoms with Crippen molar-refractivity contribution in [2.45, 2.75) is 0 Å². The van der Waals surface area contributed by atoms with Gasteiger partial charge in [-0.25, -0.2) is 24.0 Å².